The van der Waals surface area contributed by atoms with Crippen molar-refractivity contribution < 1.29 is 4.42 Å². The first-order valence-corrected chi connectivity index (χ1v) is 19.5. The van der Waals surface area contributed by atoms with Gasteiger partial charge in [-0.15, -0.1) is 11.3 Å². The number of hydrogen-bond acceptors (Lipinski definition) is 5. The van der Waals surface area contributed by atoms with Gasteiger partial charge < -0.3 is 4.42 Å². The minimum absolute atomic E-state index is 0.667. The van der Waals surface area contributed by atoms with Gasteiger partial charge in [0.1, 0.15) is 11.2 Å². The summed E-state index contributed by atoms with van der Waals surface area (Å²) in [6.07, 6.45) is 3.68. The molecule has 0 spiro atoms. The maximum atomic E-state index is 6.70. The Morgan fingerprint density at radius 3 is 1.95 bits per heavy atom. The van der Waals surface area contributed by atoms with Crippen LogP contribution < -0.4 is 0 Å². The third-order valence-electron chi connectivity index (χ3n) is 10.6. The molecular weight excluding hydrogens is 703 g/mol. The van der Waals surface area contributed by atoms with E-state index in [1.807, 2.05) is 47.9 Å². The molecule has 4 heterocycles. The zero-order chi connectivity index (χ0) is 37.0. The lowest BCUT2D eigenvalue weighted by Gasteiger charge is -2.12. The Kier molecular flexibility index (Phi) is 7.64. The summed E-state index contributed by atoms with van der Waals surface area (Å²) in [5.74, 6) is 0.667. The van der Waals surface area contributed by atoms with Gasteiger partial charge >= 0.3 is 0 Å². The molecule has 0 saturated heterocycles. The molecule has 0 saturated carbocycles. The number of thiophene rings is 1. The average Bonchev–Trinajstić information content (AvgIpc) is 3.85. The first-order valence-electron chi connectivity index (χ1n) is 18.7. The van der Waals surface area contributed by atoms with Gasteiger partial charge in [0.2, 0.25) is 0 Å². The normalized spacial score (nSPS) is 11.6. The molecular formula is C51H31N3OS. The van der Waals surface area contributed by atoms with Crippen LogP contribution in [0.3, 0.4) is 0 Å². The van der Waals surface area contributed by atoms with Gasteiger partial charge in [0.15, 0.2) is 5.82 Å². The molecule has 262 valence electrons. The van der Waals surface area contributed by atoms with Crippen LogP contribution >= 0.6 is 11.3 Å². The van der Waals surface area contributed by atoms with Gasteiger partial charge in [-0.25, -0.2) is 9.97 Å². The van der Waals surface area contributed by atoms with Gasteiger partial charge in [-0.1, -0.05) is 133 Å². The van der Waals surface area contributed by atoms with Crippen molar-refractivity contribution in [1.29, 1.82) is 0 Å². The minimum atomic E-state index is 0.667. The van der Waals surface area contributed by atoms with Crippen molar-refractivity contribution in [2.45, 2.75) is 0 Å². The summed E-state index contributed by atoms with van der Waals surface area (Å²) in [6, 6.07) is 61.7. The molecule has 0 fully saturated rings. The highest BCUT2D eigenvalue weighted by Crippen LogP contribution is 2.44. The lowest BCUT2D eigenvalue weighted by molar-refractivity contribution is 0.670. The van der Waals surface area contributed by atoms with Gasteiger partial charge in [-0.05, 0) is 64.7 Å². The zero-order valence-electron chi connectivity index (χ0n) is 30.1. The highest BCUT2D eigenvalue weighted by Gasteiger charge is 2.19. The third kappa shape index (κ3) is 5.56. The van der Waals surface area contributed by atoms with E-state index in [1.54, 1.807) is 6.20 Å². The van der Waals surface area contributed by atoms with Crippen LogP contribution in [0.5, 0.6) is 0 Å². The number of benzene rings is 7. The van der Waals surface area contributed by atoms with E-state index >= 15 is 0 Å². The van der Waals surface area contributed by atoms with Gasteiger partial charge in [-0.2, -0.15) is 0 Å². The number of pyridine rings is 1. The highest BCUT2D eigenvalue weighted by molar-refractivity contribution is 7.25. The molecule has 56 heavy (non-hydrogen) atoms. The van der Waals surface area contributed by atoms with Gasteiger partial charge in [0, 0.05) is 71.2 Å². The Bertz CT molecular complexity index is 3240. The van der Waals surface area contributed by atoms with Crippen molar-refractivity contribution in [3.8, 4) is 67.3 Å². The van der Waals surface area contributed by atoms with E-state index in [0.717, 1.165) is 77.8 Å². The average molecular weight is 734 g/mol. The van der Waals surface area contributed by atoms with Crippen LogP contribution in [0.4, 0.5) is 0 Å². The molecule has 4 aromatic heterocycles. The highest BCUT2D eigenvalue weighted by atomic mass is 32.1. The number of rotatable bonds is 6. The lowest BCUT2D eigenvalue weighted by atomic mass is 9.94. The minimum Gasteiger partial charge on any atom is -0.455 e. The van der Waals surface area contributed by atoms with E-state index in [9.17, 15) is 0 Å². The molecule has 0 bridgehead atoms. The number of furan rings is 1. The van der Waals surface area contributed by atoms with Gasteiger partial charge in [-0.3, -0.25) is 4.98 Å². The molecule has 11 rings (SSSR count). The summed E-state index contributed by atoms with van der Waals surface area (Å²) in [5, 5.41) is 4.83. The van der Waals surface area contributed by atoms with Crippen molar-refractivity contribution in [3.05, 3.63) is 188 Å². The van der Waals surface area contributed by atoms with Crippen molar-refractivity contribution in [2.24, 2.45) is 0 Å². The van der Waals surface area contributed by atoms with E-state index in [4.69, 9.17) is 14.4 Å². The van der Waals surface area contributed by atoms with Gasteiger partial charge in [0.05, 0.1) is 11.4 Å². The molecule has 0 N–H and O–H groups in total. The molecule has 0 aliphatic rings. The second-order valence-electron chi connectivity index (χ2n) is 14.0. The zero-order valence-corrected chi connectivity index (χ0v) is 30.9. The topological polar surface area (TPSA) is 51.8 Å². The van der Waals surface area contributed by atoms with E-state index < -0.39 is 0 Å². The summed E-state index contributed by atoms with van der Waals surface area (Å²) in [4.78, 5) is 14.6. The molecule has 0 amide bonds. The molecule has 0 aliphatic carbocycles. The van der Waals surface area contributed by atoms with E-state index in [0.29, 0.717) is 5.82 Å². The van der Waals surface area contributed by atoms with Crippen molar-refractivity contribution in [3.63, 3.8) is 0 Å². The Hall–Kier alpha value is -7.21. The fourth-order valence-corrected chi connectivity index (χ4v) is 9.01. The van der Waals surface area contributed by atoms with Crippen molar-refractivity contribution in [2.75, 3.05) is 0 Å². The molecule has 0 aliphatic heterocycles. The SMILES string of the molecule is c1ccc(-c2cc(-c3cccc(-c4cccnc4)c3)nc(-c3ccc(-c4ccc(-c5ccc6c(c5)sc5ccccc56)c5c4oc4ccccc45)cc3)n2)cc1. The lowest BCUT2D eigenvalue weighted by Crippen LogP contribution is -1.96. The van der Waals surface area contributed by atoms with Crippen LogP contribution in [-0.4, -0.2) is 15.0 Å². The fraction of sp³-hybridized carbons (Fsp3) is 0. The number of fused-ring (bicyclic) bond motifs is 6. The third-order valence-corrected chi connectivity index (χ3v) is 11.8. The maximum absolute atomic E-state index is 6.70. The van der Waals surface area contributed by atoms with Crippen LogP contribution in [0.15, 0.2) is 193 Å². The standard InChI is InChI=1S/C51H31N3OS/c1-2-10-33(11-3-1)44-30-45(37-13-8-12-35(28-37)38-14-9-27-52-31-38)54-51(53-44)34-21-19-32(20-22-34)40-26-25-39(49-43-16-4-6-17-46(43)55-50(40)49)36-23-24-42-41-15-5-7-18-47(41)56-48(42)29-36/h1-31H. The van der Waals surface area contributed by atoms with Crippen molar-refractivity contribution in [1.82, 2.24) is 15.0 Å². The summed E-state index contributed by atoms with van der Waals surface area (Å²) in [7, 11) is 0. The Balaban J connectivity index is 1.01. The van der Waals surface area contributed by atoms with Gasteiger partial charge in [0.25, 0.3) is 0 Å². The van der Waals surface area contributed by atoms with E-state index in [2.05, 4.69) is 151 Å². The summed E-state index contributed by atoms with van der Waals surface area (Å²) in [5.41, 5.74) is 13.1. The molecule has 0 unspecified atom stereocenters. The van der Waals surface area contributed by atoms with E-state index in [-0.39, 0.29) is 0 Å². The Labute approximate surface area is 327 Å². The first-order chi connectivity index (χ1) is 27.7. The molecule has 7 aromatic carbocycles. The monoisotopic (exact) mass is 733 g/mol. The maximum Gasteiger partial charge on any atom is 0.160 e. The number of hydrogen-bond donors (Lipinski definition) is 0. The number of para-hydroxylation sites is 1. The second kappa shape index (κ2) is 13.3. The molecule has 5 heteroatoms. The summed E-state index contributed by atoms with van der Waals surface area (Å²) < 4.78 is 9.29. The van der Waals surface area contributed by atoms with Crippen LogP contribution in [-0.2, 0) is 0 Å². The van der Waals surface area contributed by atoms with Crippen LogP contribution in [0.2, 0.25) is 0 Å². The van der Waals surface area contributed by atoms with E-state index in [1.165, 1.54) is 25.7 Å². The predicted octanol–water partition coefficient (Wildman–Crippen LogP) is 14.1. The van der Waals surface area contributed by atoms with Crippen LogP contribution in [0.1, 0.15) is 0 Å². The first kappa shape index (κ1) is 32.2. The molecule has 0 radical (unpaired) electrons. The summed E-state index contributed by atoms with van der Waals surface area (Å²) >= 11 is 1.84. The van der Waals surface area contributed by atoms with Crippen LogP contribution in [0.25, 0.3) is 109 Å². The van der Waals surface area contributed by atoms with Crippen LogP contribution in [0, 0.1) is 0 Å². The second-order valence-corrected chi connectivity index (χ2v) is 15.1. The smallest absolute Gasteiger partial charge is 0.160 e. The fourth-order valence-electron chi connectivity index (χ4n) is 7.86. The summed E-state index contributed by atoms with van der Waals surface area (Å²) in [6.45, 7) is 0. The largest absolute Gasteiger partial charge is 0.455 e. The Morgan fingerprint density at radius 2 is 1.09 bits per heavy atom. The number of aromatic nitrogens is 3. The molecule has 11 aromatic rings. The molecule has 4 nitrogen and oxygen atoms in total. The Morgan fingerprint density at radius 1 is 0.411 bits per heavy atom. The quantitative estimate of drug-likeness (QED) is 0.171. The molecule has 0 atom stereocenters. The number of nitrogens with zero attached hydrogens (tertiary/aromatic N) is 3. The van der Waals surface area contributed by atoms with Crippen molar-refractivity contribution >= 4 is 53.4 Å². The predicted molar refractivity (Wildman–Crippen MR) is 233 cm³/mol.